The first-order valence-corrected chi connectivity index (χ1v) is 3.18. The summed E-state index contributed by atoms with van der Waals surface area (Å²) in [5, 5.41) is 8.70. The largest absolute Gasteiger partial charge is 0.493 e. The maximum absolute atomic E-state index is 8.70. The molecule has 0 aliphatic rings. The number of nitrogens with zero attached hydrogens (tertiary/aromatic N) is 1. The maximum atomic E-state index is 8.70. The van der Waals surface area contributed by atoms with Gasteiger partial charge in [0.15, 0.2) is 0 Å². The molecule has 0 radical (unpaired) electrons. The second kappa shape index (κ2) is 2.30. The Morgan fingerprint density at radius 3 is 2.62 bits per heavy atom. The zero-order valence-electron chi connectivity index (χ0n) is 4.00. The van der Waals surface area contributed by atoms with E-state index in [0.29, 0.717) is 0 Å². The first-order valence-electron chi connectivity index (χ1n) is 2.10. The topological polar surface area (TPSA) is 33.1 Å². The number of aromatic nitrogens is 1. The molecule has 0 saturated heterocycles. The Morgan fingerprint density at radius 2 is 2.25 bits per heavy atom. The Hall–Kier alpha value is -0.320. The molecule has 1 rings (SSSR count). The molecule has 2 nitrogen and oxygen atoms in total. The average molecular weight is 221 g/mol. The van der Waals surface area contributed by atoms with Crippen molar-refractivity contribution in [2.24, 2.45) is 0 Å². The summed E-state index contributed by atoms with van der Waals surface area (Å²) in [5.41, 5.74) is 0. The van der Waals surface area contributed by atoms with E-state index < -0.39 is 0 Å². The van der Waals surface area contributed by atoms with Gasteiger partial charge in [-0.3, -0.25) is 0 Å². The molecule has 0 aliphatic heterocycles. The molecule has 8 heavy (non-hydrogen) atoms. The van der Waals surface area contributed by atoms with E-state index in [4.69, 9.17) is 5.11 Å². The van der Waals surface area contributed by atoms with Crippen LogP contribution in [-0.2, 0) is 0 Å². The highest BCUT2D eigenvalue weighted by atomic mass is 127. The number of pyridine rings is 1. The molecule has 0 unspecified atom stereocenters. The van der Waals surface area contributed by atoms with Gasteiger partial charge in [0, 0.05) is 6.07 Å². The third-order valence-electron chi connectivity index (χ3n) is 0.700. The fourth-order valence-corrected chi connectivity index (χ4v) is 0.852. The molecule has 0 aliphatic carbocycles. The van der Waals surface area contributed by atoms with Crippen LogP contribution in [-0.4, -0.2) is 10.1 Å². The minimum atomic E-state index is 0.0805. The molecule has 0 spiro atoms. The first-order chi connectivity index (χ1) is 3.79. The van der Waals surface area contributed by atoms with Crippen molar-refractivity contribution in [1.82, 2.24) is 4.98 Å². The van der Waals surface area contributed by atoms with Gasteiger partial charge in [-0.2, -0.15) is 0 Å². The Morgan fingerprint density at radius 1 is 1.50 bits per heavy atom. The number of rotatable bonds is 0. The van der Waals surface area contributed by atoms with Crippen molar-refractivity contribution < 1.29 is 5.11 Å². The first kappa shape index (κ1) is 5.81. The van der Waals surface area contributed by atoms with Crippen LogP contribution in [0, 0.1) is 3.70 Å². The molecule has 42 valence electrons. The van der Waals surface area contributed by atoms with Gasteiger partial charge in [0.05, 0.1) is 0 Å². The summed E-state index contributed by atoms with van der Waals surface area (Å²) >= 11 is 2.03. The molecule has 0 fully saturated rings. The van der Waals surface area contributed by atoms with Gasteiger partial charge in [-0.05, 0) is 28.7 Å². The van der Waals surface area contributed by atoms with Gasteiger partial charge in [-0.25, -0.2) is 4.98 Å². The Labute approximate surface area is 60.7 Å². The molecule has 0 aromatic carbocycles. The number of aromatic hydroxyl groups is 1. The average Bonchev–Trinajstić information content (AvgIpc) is 1.64. The van der Waals surface area contributed by atoms with Crippen molar-refractivity contribution in [2.75, 3.05) is 0 Å². The minimum Gasteiger partial charge on any atom is -0.493 e. The molecule has 0 atom stereocenters. The summed E-state index contributed by atoms with van der Waals surface area (Å²) in [7, 11) is 0. The molecule has 0 bridgehead atoms. The molecule has 1 N–H and O–H groups in total. The molecule has 3 heteroatoms. The van der Waals surface area contributed by atoms with Crippen LogP contribution in [0.1, 0.15) is 0 Å². The summed E-state index contributed by atoms with van der Waals surface area (Å²) in [4.78, 5) is 3.72. The molecule has 1 heterocycles. The van der Waals surface area contributed by atoms with Crippen molar-refractivity contribution in [1.29, 1.82) is 0 Å². The molecule has 1 aromatic rings. The second-order valence-corrected chi connectivity index (χ2v) is 2.42. The number of hydrogen-bond acceptors (Lipinski definition) is 2. The van der Waals surface area contributed by atoms with E-state index in [-0.39, 0.29) is 5.88 Å². The van der Waals surface area contributed by atoms with E-state index in [9.17, 15) is 0 Å². The van der Waals surface area contributed by atoms with Gasteiger partial charge in [0.1, 0.15) is 3.70 Å². The number of halogens is 1. The van der Waals surface area contributed by atoms with Gasteiger partial charge in [-0.15, -0.1) is 0 Å². The highest BCUT2D eigenvalue weighted by molar-refractivity contribution is 14.1. The van der Waals surface area contributed by atoms with Crippen molar-refractivity contribution in [3.8, 4) is 5.88 Å². The van der Waals surface area contributed by atoms with Crippen LogP contribution in [0.3, 0.4) is 0 Å². The predicted octanol–water partition coefficient (Wildman–Crippen LogP) is 1.39. The normalized spacial score (nSPS) is 9.12. The van der Waals surface area contributed by atoms with E-state index in [1.165, 1.54) is 0 Å². The van der Waals surface area contributed by atoms with Gasteiger partial charge in [0.2, 0.25) is 5.88 Å². The monoisotopic (exact) mass is 221 g/mol. The minimum absolute atomic E-state index is 0.0805. The lowest BCUT2D eigenvalue weighted by Gasteiger charge is -1.87. The summed E-state index contributed by atoms with van der Waals surface area (Å²) < 4.78 is 0.808. The van der Waals surface area contributed by atoms with Crippen LogP contribution in [0.15, 0.2) is 18.2 Å². The lowest BCUT2D eigenvalue weighted by Crippen LogP contribution is -1.75. The predicted molar refractivity (Wildman–Crippen MR) is 38.6 cm³/mol. The second-order valence-electron chi connectivity index (χ2n) is 1.32. The van der Waals surface area contributed by atoms with Crippen molar-refractivity contribution in [3.05, 3.63) is 21.9 Å². The third kappa shape index (κ3) is 1.33. The smallest absolute Gasteiger partial charge is 0.211 e. The SMILES string of the molecule is Oc1cccc(I)n1. The van der Waals surface area contributed by atoms with E-state index in [1.54, 1.807) is 12.1 Å². The third-order valence-corrected chi connectivity index (χ3v) is 1.30. The lowest BCUT2D eigenvalue weighted by atomic mass is 10.5. The summed E-state index contributed by atoms with van der Waals surface area (Å²) in [6.07, 6.45) is 0. The van der Waals surface area contributed by atoms with E-state index in [1.807, 2.05) is 28.7 Å². The van der Waals surface area contributed by atoms with Gasteiger partial charge < -0.3 is 5.11 Å². The van der Waals surface area contributed by atoms with E-state index in [0.717, 1.165) is 3.70 Å². The maximum Gasteiger partial charge on any atom is 0.211 e. The molecular weight excluding hydrogens is 217 g/mol. The molecule has 0 saturated carbocycles. The standard InChI is InChI=1S/C5H4INO/c6-4-2-1-3-5(8)7-4/h1-3H,(H,7,8). The van der Waals surface area contributed by atoms with Crippen LogP contribution in [0.4, 0.5) is 0 Å². The van der Waals surface area contributed by atoms with Crippen LogP contribution < -0.4 is 0 Å². The molecule has 0 amide bonds. The highest BCUT2D eigenvalue weighted by Gasteiger charge is 1.86. The molecule has 1 aromatic heterocycles. The fourth-order valence-electron chi connectivity index (χ4n) is 0.398. The van der Waals surface area contributed by atoms with Crippen molar-refractivity contribution >= 4 is 22.6 Å². The zero-order valence-corrected chi connectivity index (χ0v) is 6.16. The summed E-state index contributed by atoms with van der Waals surface area (Å²) in [6, 6.07) is 5.12. The quantitative estimate of drug-likeness (QED) is 0.530. The highest BCUT2D eigenvalue weighted by Crippen LogP contribution is 2.05. The van der Waals surface area contributed by atoms with Crippen LogP contribution in [0.25, 0.3) is 0 Å². The lowest BCUT2D eigenvalue weighted by molar-refractivity contribution is 0.452. The van der Waals surface area contributed by atoms with Crippen LogP contribution in [0.2, 0.25) is 0 Å². The summed E-state index contributed by atoms with van der Waals surface area (Å²) in [5.74, 6) is 0.0805. The Bertz CT molecular complexity index is 172. The van der Waals surface area contributed by atoms with E-state index >= 15 is 0 Å². The Kier molecular flexibility index (Phi) is 1.67. The number of hydrogen-bond donors (Lipinski definition) is 1. The van der Waals surface area contributed by atoms with Crippen LogP contribution in [0.5, 0.6) is 5.88 Å². The van der Waals surface area contributed by atoms with Crippen molar-refractivity contribution in [3.63, 3.8) is 0 Å². The van der Waals surface area contributed by atoms with Gasteiger partial charge in [0.25, 0.3) is 0 Å². The van der Waals surface area contributed by atoms with Crippen molar-refractivity contribution in [2.45, 2.75) is 0 Å². The molecular formula is C5H4INO. The van der Waals surface area contributed by atoms with Gasteiger partial charge in [-0.1, -0.05) is 6.07 Å². The fraction of sp³-hybridized carbons (Fsp3) is 0. The summed E-state index contributed by atoms with van der Waals surface area (Å²) in [6.45, 7) is 0. The Balaban J connectivity index is 3.08. The van der Waals surface area contributed by atoms with E-state index in [2.05, 4.69) is 4.98 Å². The van der Waals surface area contributed by atoms with Gasteiger partial charge >= 0.3 is 0 Å². The zero-order chi connectivity index (χ0) is 5.98. The van der Waals surface area contributed by atoms with Crippen LogP contribution >= 0.6 is 22.6 Å².